The fourth-order valence-electron chi connectivity index (χ4n) is 1.29. The SMILES string of the molecule is Cc1cnc(Cc2ccccc2F)o1. The number of benzene rings is 1. The molecule has 0 saturated carbocycles. The van der Waals surface area contributed by atoms with Crippen LogP contribution in [-0.4, -0.2) is 4.98 Å². The summed E-state index contributed by atoms with van der Waals surface area (Å²) >= 11 is 0. The van der Waals surface area contributed by atoms with Crippen LogP contribution in [0.5, 0.6) is 0 Å². The normalized spacial score (nSPS) is 10.4. The van der Waals surface area contributed by atoms with Crippen LogP contribution >= 0.6 is 0 Å². The van der Waals surface area contributed by atoms with Gasteiger partial charge in [-0.3, -0.25) is 0 Å². The smallest absolute Gasteiger partial charge is 0.198 e. The van der Waals surface area contributed by atoms with Gasteiger partial charge in [0.15, 0.2) is 5.89 Å². The van der Waals surface area contributed by atoms with Crippen LogP contribution in [0.15, 0.2) is 34.9 Å². The van der Waals surface area contributed by atoms with Gasteiger partial charge in [0.2, 0.25) is 0 Å². The van der Waals surface area contributed by atoms with Gasteiger partial charge in [-0.1, -0.05) is 18.2 Å². The minimum absolute atomic E-state index is 0.219. The lowest BCUT2D eigenvalue weighted by atomic mass is 10.1. The van der Waals surface area contributed by atoms with E-state index in [1.807, 2.05) is 6.92 Å². The molecule has 1 heterocycles. The molecule has 0 radical (unpaired) electrons. The minimum Gasteiger partial charge on any atom is -0.446 e. The molecule has 0 unspecified atom stereocenters. The molecule has 1 aromatic carbocycles. The van der Waals surface area contributed by atoms with E-state index < -0.39 is 0 Å². The first-order chi connectivity index (χ1) is 6.75. The van der Waals surface area contributed by atoms with Crippen LogP contribution in [0, 0.1) is 12.7 Å². The maximum absolute atomic E-state index is 13.2. The van der Waals surface area contributed by atoms with E-state index >= 15 is 0 Å². The first-order valence-corrected chi connectivity index (χ1v) is 4.40. The molecule has 0 amide bonds. The number of hydrogen-bond acceptors (Lipinski definition) is 2. The largest absolute Gasteiger partial charge is 0.446 e. The Morgan fingerprint density at radius 1 is 1.36 bits per heavy atom. The van der Waals surface area contributed by atoms with Crippen LogP contribution in [0.2, 0.25) is 0 Å². The van der Waals surface area contributed by atoms with Gasteiger partial charge in [-0.15, -0.1) is 0 Å². The average molecular weight is 191 g/mol. The molecule has 14 heavy (non-hydrogen) atoms. The minimum atomic E-state index is -0.219. The zero-order valence-corrected chi connectivity index (χ0v) is 7.83. The second-order valence-electron chi connectivity index (χ2n) is 3.13. The van der Waals surface area contributed by atoms with Gasteiger partial charge < -0.3 is 4.42 Å². The molecular weight excluding hydrogens is 181 g/mol. The van der Waals surface area contributed by atoms with E-state index in [-0.39, 0.29) is 5.82 Å². The van der Waals surface area contributed by atoms with Crippen molar-refractivity contribution in [3.63, 3.8) is 0 Å². The molecule has 0 fully saturated rings. The second kappa shape index (κ2) is 3.62. The highest BCUT2D eigenvalue weighted by atomic mass is 19.1. The summed E-state index contributed by atoms with van der Waals surface area (Å²) < 4.78 is 18.5. The van der Waals surface area contributed by atoms with Gasteiger partial charge in [0.25, 0.3) is 0 Å². The third-order valence-corrected chi connectivity index (χ3v) is 1.97. The van der Waals surface area contributed by atoms with Crippen molar-refractivity contribution >= 4 is 0 Å². The van der Waals surface area contributed by atoms with E-state index in [2.05, 4.69) is 4.98 Å². The summed E-state index contributed by atoms with van der Waals surface area (Å²) in [4.78, 5) is 4.02. The number of oxazole rings is 1. The molecule has 0 bridgehead atoms. The Morgan fingerprint density at radius 2 is 2.14 bits per heavy atom. The number of aromatic nitrogens is 1. The third-order valence-electron chi connectivity index (χ3n) is 1.97. The molecule has 2 aromatic rings. The number of halogens is 1. The van der Waals surface area contributed by atoms with Crippen LogP contribution in [0.1, 0.15) is 17.2 Å². The van der Waals surface area contributed by atoms with E-state index in [0.29, 0.717) is 17.9 Å². The van der Waals surface area contributed by atoms with E-state index in [1.54, 1.807) is 24.4 Å². The van der Waals surface area contributed by atoms with Crippen molar-refractivity contribution in [2.24, 2.45) is 0 Å². The standard InChI is InChI=1S/C11H10FNO/c1-8-7-13-11(14-8)6-9-4-2-3-5-10(9)12/h2-5,7H,6H2,1H3. The number of hydrogen-bond donors (Lipinski definition) is 0. The molecule has 0 aliphatic heterocycles. The predicted octanol–water partition coefficient (Wildman–Crippen LogP) is 2.71. The van der Waals surface area contributed by atoms with Crippen LogP contribution in [0.4, 0.5) is 4.39 Å². The van der Waals surface area contributed by atoms with Gasteiger partial charge in [-0.25, -0.2) is 9.37 Å². The fraction of sp³-hybridized carbons (Fsp3) is 0.182. The molecule has 3 heteroatoms. The Hall–Kier alpha value is -1.64. The lowest BCUT2D eigenvalue weighted by Gasteiger charge is -1.98. The summed E-state index contributed by atoms with van der Waals surface area (Å²) in [5.74, 6) is 1.08. The van der Waals surface area contributed by atoms with Crippen LogP contribution < -0.4 is 0 Å². The number of rotatable bonds is 2. The quantitative estimate of drug-likeness (QED) is 0.729. The summed E-state index contributed by atoms with van der Waals surface area (Å²) in [7, 11) is 0. The zero-order chi connectivity index (χ0) is 9.97. The summed E-state index contributed by atoms with van der Waals surface area (Å²) in [6.07, 6.45) is 2.04. The molecular formula is C11H10FNO. The Morgan fingerprint density at radius 3 is 2.79 bits per heavy atom. The van der Waals surface area contributed by atoms with E-state index in [0.717, 1.165) is 5.76 Å². The average Bonchev–Trinajstić information content (AvgIpc) is 2.56. The highest BCUT2D eigenvalue weighted by Crippen LogP contribution is 2.12. The molecule has 0 aliphatic rings. The molecule has 0 N–H and O–H groups in total. The van der Waals surface area contributed by atoms with Gasteiger partial charge in [0.05, 0.1) is 12.6 Å². The Bertz CT molecular complexity index is 436. The summed E-state index contributed by atoms with van der Waals surface area (Å²) in [5, 5.41) is 0. The van der Waals surface area contributed by atoms with Gasteiger partial charge in [0.1, 0.15) is 11.6 Å². The fourth-order valence-corrected chi connectivity index (χ4v) is 1.29. The molecule has 0 spiro atoms. The molecule has 1 aromatic heterocycles. The highest BCUT2D eigenvalue weighted by molar-refractivity contribution is 5.20. The number of nitrogens with zero attached hydrogens (tertiary/aromatic N) is 1. The third kappa shape index (κ3) is 1.82. The summed E-state index contributed by atoms with van der Waals surface area (Å²) in [6, 6.07) is 6.63. The second-order valence-corrected chi connectivity index (χ2v) is 3.13. The van der Waals surface area contributed by atoms with E-state index in [9.17, 15) is 4.39 Å². The van der Waals surface area contributed by atoms with Gasteiger partial charge in [0, 0.05) is 0 Å². The highest BCUT2D eigenvalue weighted by Gasteiger charge is 2.05. The van der Waals surface area contributed by atoms with Crippen molar-refractivity contribution < 1.29 is 8.81 Å². The first-order valence-electron chi connectivity index (χ1n) is 4.40. The Balaban J connectivity index is 2.23. The van der Waals surface area contributed by atoms with Crippen LogP contribution in [0.3, 0.4) is 0 Å². The molecule has 0 saturated heterocycles. The molecule has 2 nitrogen and oxygen atoms in total. The van der Waals surface area contributed by atoms with E-state index in [1.165, 1.54) is 6.07 Å². The zero-order valence-electron chi connectivity index (χ0n) is 7.83. The van der Waals surface area contributed by atoms with Crippen molar-refractivity contribution in [3.8, 4) is 0 Å². The number of aryl methyl sites for hydroxylation is 1. The maximum atomic E-state index is 13.2. The topological polar surface area (TPSA) is 26.0 Å². The Kier molecular flexibility index (Phi) is 2.31. The van der Waals surface area contributed by atoms with Crippen molar-refractivity contribution in [2.75, 3.05) is 0 Å². The predicted molar refractivity (Wildman–Crippen MR) is 50.4 cm³/mol. The van der Waals surface area contributed by atoms with Crippen LogP contribution in [0.25, 0.3) is 0 Å². The van der Waals surface area contributed by atoms with Crippen molar-refractivity contribution in [3.05, 3.63) is 53.5 Å². The molecule has 0 atom stereocenters. The summed E-state index contributed by atoms with van der Waals surface area (Å²) in [5.41, 5.74) is 0.606. The lowest BCUT2D eigenvalue weighted by molar-refractivity contribution is 0.477. The van der Waals surface area contributed by atoms with Gasteiger partial charge in [-0.05, 0) is 18.6 Å². The van der Waals surface area contributed by atoms with Crippen LogP contribution in [-0.2, 0) is 6.42 Å². The molecule has 2 rings (SSSR count). The maximum Gasteiger partial charge on any atom is 0.198 e. The Labute approximate surface area is 81.4 Å². The molecule has 0 aliphatic carbocycles. The van der Waals surface area contributed by atoms with Crippen molar-refractivity contribution in [1.29, 1.82) is 0 Å². The van der Waals surface area contributed by atoms with Crippen molar-refractivity contribution in [2.45, 2.75) is 13.3 Å². The monoisotopic (exact) mass is 191 g/mol. The summed E-state index contributed by atoms with van der Waals surface area (Å²) in [6.45, 7) is 1.82. The lowest BCUT2D eigenvalue weighted by Crippen LogP contribution is -1.91. The first kappa shape index (κ1) is 8.94. The van der Waals surface area contributed by atoms with Gasteiger partial charge in [-0.2, -0.15) is 0 Å². The van der Waals surface area contributed by atoms with Gasteiger partial charge >= 0.3 is 0 Å². The molecule has 72 valence electrons. The van der Waals surface area contributed by atoms with E-state index in [4.69, 9.17) is 4.42 Å². The van der Waals surface area contributed by atoms with Crippen molar-refractivity contribution in [1.82, 2.24) is 4.98 Å².